The van der Waals surface area contributed by atoms with E-state index in [1.165, 1.54) is 0 Å². The molecule has 2 unspecified atom stereocenters. The van der Waals surface area contributed by atoms with Crippen molar-refractivity contribution >= 4 is 43.5 Å². The van der Waals surface area contributed by atoms with Gasteiger partial charge in [-0.3, -0.25) is 4.79 Å². The number of hydrogen-bond acceptors (Lipinski definition) is 1. The first-order valence-corrected chi connectivity index (χ1v) is 11.0. The number of rotatable bonds is 4. The van der Waals surface area contributed by atoms with E-state index in [-0.39, 0.29) is 11.8 Å². The maximum Gasteiger partial charge on any atom is 0.255 e. The van der Waals surface area contributed by atoms with Crippen molar-refractivity contribution in [3.8, 4) is 0 Å². The Morgan fingerprint density at radius 2 is 1.66 bits per heavy atom. The molecule has 1 amide bonds. The summed E-state index contributed by atoms with van der Waals surface area (Å²) in [5.74, 6) is -0.354. The van der Waals surface area contributed by atoms with Gasteiger partial charge in [-0.1, -0.05) is 36.4 Å². The standard InChI is InChI=1S/C24H20Br2FNO/c1-14-4-3-5-15(2)22(14)28-23(29)16-6-9-18(10-7-16)24(27)13-19(24)17-8-11-20(25)21(26)12-17/h3-12,19H,13H2,1-2H3,(H,28,29). The summed E-state index contributed by atoms with van der Waals surface area (Å²) in [4.78, 5) is 12.6. The molecule has 2 atom stereocenters. The van der Waals surface area contributed by atoms with Crippen LogP contribution in [0.2, 0.25) is 0 Å². The topological polar surface area (TPSA) is 29.1 Å². The summed E-state index contributed by atoms with van der Waals surface area (Å²) < 4.78 is 17.3. The lowest BCUT2D eigenvalue weighted by Crippen LogP contribution is -2.14. The SMILES string of the molecule is Cc1cccc(C)c1NC(=O)c1ccc(C2(F)CC2c2ccc(Br)c(Br)c2)cc1. The van der Waals surface area contributed by atoms with Gasteiger partial charge in [-0.15, -0.1) is 0 Å². The van der Waals surface area contributed by atoms with Gasteiger partial charge in [0.15, 0.2) is 0 Å². The van der Waals surface area contributed by atoms with Crippen LogP contribution in [0.1, 0.15) is 45.0 Å². The third-order valence-electron chi connectivity index (χ3n) is 5.59. The number of para-hydroxylation sites is 1. The summed E-state index contributed by atoms with van der Waals surface area (Å²) in [5, 5.41) is 2.97. The molecule has 4 rings (SSSR count). The molecule has 3 aromatic rings. The molecule has 0 saturated heterocycles. The molecule has 0 aliphatic heterocycles. The summed E-state index contributed by atoms with van der Waals surface area (Å²) in [5.41, 5.74) is 3.58. The number of benzene rings is 3. The quantitative estimate of drug-likeness (QED) is 0.383. The number of hydrogen-bond donors (Lipinski definition) is 1. The third-order valence-corrected chi connectivity index (χ3v) is 7.47. The van der Waals surface area contributed by atoms with Gasteiger partial charge in [0.25, 0.3) is 5.91 Å². The minimum Gasteiger partial charge on any atom is -0.322 e. The van der Waals surface area contributed by atoms with Crippen molar-refractivity contribution in [2.75, 3.05) is 5.32 Å². The number of aryl methyl sites for hydroxylation is 2. The van der Waals surface area contributed by atoms with Crippen LogP contribution in [0, 0.1) is 13.8 Å². The largest absolute Gasteiger partial charge is 0.322 e. The first kappa shape index (κ1) is 20.3. The summed E-state index contributed by atoms with van der Waals surface area (Å²) in [6.07, 6.45) is 0.453. The van der Waals surface area contributed by atoms with Crippen LogP contribution in [0.3, 0.4) is 0 Å². The molecule has 0 heterocycles. The summed E-state index contributed by atoms with van der Waals surface area (Å²) in [6, 6.07) is 18.6. The molecule has 0 spiro atoms. The Labute approximate surface area is 186 Å². The van der Waals surface area contributed by atoms with E-state index >= 15 is 4.39 Å². The molecular weight excluding hydrogens is 497 g/mol. The highest BCUT2D eigenvalue weighted by molar-refractivity contribution is 9.13. The fourth-order valence-electron chi connectivity index (χ4n) is 3.76. The van der Waals surface area contributed by atoms with Gasteiger partial charge >= 0.3 is 0 Å². The zero-order chi connectivity index (χ0) is 20.8. The van der Waals surface area contributed by atoms with Crippen molar-refractivity contribution in [3.63, 3.8) is 0 Å². The van der Waals surface area contributed by atoms with Gasteiger partial charge in [0.1, 0.15) is 5.67 Å². The lowest BCUT2D eigenvalue weighted by Gasteiger charge is -2.13. The molecule has 148 valence electrons. The van der Waals surface area contributed by atoms with Crippen molar-refractivity contribution in [3.05, 3.63) is 97.4 Å². The third kappa shape index (κ3) is 3.90. The van der Waals surface area contributed by atoms with Crippen LogP contribution in [-0.4, -0.2) is 5.91 Å². The summed E-state index contributed by atoms with van der Waals surface area (Å²) in [7, 11) is 0. The van der Waals surface area contributed by atoms with Crippen LogP contribution in [0.25, 0.3) is 0 Å². The molecule has 1 fully saturated rings. The van der Waals surface area contributed by atoms with Gasteiger partial charge in [0.05, 0.1) is 0 Å². The van der Waals surface area contributed by atoms with Gasteiger partial charge in [-0.05, 0) is 98.6 Å². The first-order valence-electron chi connectivity index (χ1n) is 9.41. The summed E-state index contributed by atoms with van der Waals surface area (Å²) in [6.45, 7) is 3.93. The second-order valence-corrected chi connectivity index (χ2v) is 9.30. The molecule has 5 heteroatoms. The van der Waals surface area contributed by atoms with E-state index in [1.807, 2.05) is 50.2 Å². The first-order chi connectivity index (χ1) is 13.8. The zero-order valence-corrected chi connectivity index (χ0v) is 19.3. The molecule has 0 radical (unpaired) electrons. The predicted molar refractivity (Wildman–Crippen MR) is 122 cm³/mol. The highest BCUT2D eigenvalue weighted by Gasteiger charge is 2.57. The molecule has 1 saturated carbocycles. The van der Waals surface area contributed by atoms with Crippen LogP contribution in [0.15, 0.2) is 69.6 Å². The predicted octanol–water partition coefficient (Wildman–Crippen LogP) is 7.43. The second kappa shape index (κ2) is 7.69. The van der Waals surface area contributed by atoms with Crippen LogP contribution in [-0.2, 0) is 5.67 Å². The molecule has 3 aromatic carbocycles. The number of nitrogens with one attached hydrogen (secondary N) is 1. The fraction of sp³-hybridized carbons (Fsp3) is 0.208. The highest BCUT2D eigenvalue weighted by atomic mass is 79.9. The summed E-state index contributed by atoms with van der Waals surface area (Å²) >= 11 is 6.93. The van der Waals surface area contributed by atoms with Crippen LogP contribution in [0.4, 0.5) is 10.1 Å². The molecule has 1 aliphatic rings. The Morgan fingerprint density at radius 3 is 2.28 bits per heavy atom. The Morgan fingerprint density at radius 1 is 1.00 bits per heavy atom. The van der Waals surface area contributed by atoms with E-state index in [0.29, 0.717) is 17.5 Å². The van der Waals surface area contributed by atoms with Crippen molar-refractivity contribution < 1.29 is 9.18 Å². The number of carbonyl (C=O) groups is 1. The number of alkyl halides is 1. The Balaban J connectivity index is 1.51. The molecule has 1 N–H and O–H groups in total. The van der Waals surface area contributed by atoms with Gasteiger partial charge in [-0.2, -0.15) is 0 Å². The smallest absolute Gasteiger partial charge is 0.255 e. The molecule has 2 nitrogen and oxygen atoms in total. The van der Waals surface area contributed by atoms with E-state index in [9.17, 15) is 4.79 Å². The average Bonchev–Trinajstić information content (AvgIpc) is 3.40. The number of anilines is 1. The lowest BCUT2D eigenvalue weighted by molar-refractivity contribution is 0.102. The van der Waals surface area contributed by atoms with Crippen LogP contribution in [0.5, 0.6) is 0 Å². The van der Waals surface area contributed by atoms with Crippen molar-refractivity contribution in [1.82, 2.24) is 0 Å². The van der Waals surface area contributed by atoms with E-state index in [0.717, 1.165) is 31.3 Å². The van der Waals surface area contributed by atoms with Crippen LogP contribution < -0.4 is 5.32 Å². The van der Waals surface area contributed by atoms with Gasteiger partial charge in [0, 0.05) is 26.1 Å². The van der Waals surface area contributed by atoms with Gasteiger partial charge < -0.3 is 5.32 Å². The second-order valence-electron chi connectivity index (χ2n) is 7.59. The van der Waals surface area contributed by atoms with Gasteiger partial charge in [0.2, 0.25) is 0 Å². The maximum absolute atomic E-state index is 15.5. The number of amides is 1. The van der Waals surface area contributed by atoms with Crippen molar-refractivity contribution in [2.24, 2.45) is 0 Å². The molecule has 29 heavy (non-hydrogen) atoms. The van der Waals surface area contributed by atoms with E-state index in [2.05, 4.69) is 37.2 Å². The van der Waals surface area contributed by atoms with Crippen molar-refractivity contribution in [1.29, 1.82) is 0 Å². The Bertz CT molecular complexity index is 1080. The van der Waals surface area contributed by atoms with Gasteiger partial charge in [-0.25, -0.2) is 4.39 Å². The zero-order valence-electron chi connectivity index (χ0n) is 16.1. The Kier molecular flexibility index (Phi) is 5.38. The van der Waals surface area contributed by atoms with Crippen molar-refractivity contribution in [2.45, 2.75) is 31.9 Å². The minimum atomic E-state index is -1.38. The number of carbonyl (C=O) groups excluding carboxylic acids is 1. The number of halogens is 3. The molecular formula is C24H20Br2FNO. The average molecular weight is 517 g/mol. The van der Waals surface area contributed by atoms with E-state index < -0.39 is 5.67 Å². The lowest BCUT2D eigenvalue weighted by atomic mass is 10.0. The maximum atomic E-state index is 15.5. The fourth-order valence-corrected chi connectivity index (χ4v) is 4.41. The highest BCUT2D eigenvalue weighted by Crippen LogP contribution is 2.62. The molecule has 0 aromatic heterocycles. The van der Waals surface area contributed by atoms with E-state index in [1.54, 1.807) is 24.3 Å². The molecule has 1 aliphatic carbocycles. The molecule has 0 bridgehead atoms. The normalized spacial score (nSPS) is 20.4. The van der Waals surface area contributed by atoms with Crippen LogP contribution >= 0.6 is 31.9 Å². The minimum absolute atomic E-state index is 0.166. The Hall–Kier alpha value is -1.98. The monoisotopic (exact) mass is 515 g/mol. The van der Waals surface area contributed by atoms with E-state index in [4.69, 9.17) is 0 Å².